The summed E-state index contributed by atoms with van der Waals surface area (Å²) in [4.78, 5) is 12.0. The first-order chi connectivity index (χ1) is 10.2. The highest BCUT2D eigenvalue weighted by atomic mass is 32.2. The van der Waals surface area contributed by atoms with E-state index in [2.05, 4.69) is 5.32 Å². The summed E-state index contributed by atoms with van der Waals surface area (Å²) in [5.74, 6) is -0.505. The van der Waals surface area contributed by atoms with Crippen LogP contribution in [-0.4, -0.2) is 57.7 Å². The van der Waals surface area contributed by atoms with Gasteiger partial charge in [0.2, 0.25) is 5.91 Å². The molecule has 0 aliphatic carbocycles. The normalized spacial score (nSPS) is 21.1. The second-order valence-corrected chi connectivity index (χ2v) is 10.4. The molecule has 2 heterocycles. The Hall–Kier alpha value is -0.970. The molecular weight excluding hydrogens is 348 g/mol. The molecule has 0 bridgehead atoms. The van der Waals surface area contributed by atoms with Crippen LogP contribution in [0.15, 0.2) is 21.7 Å². The van der Waals surface area contributed by atoms with Gasteiger partial charge in [0.05, 0.1) is 18.1 Å². The van der Waals surface area contributed by atoms with Crippen molar-refractivity contribution in [2.75, 3.05) is 24.6 Å². The smallest absolute Gasteiger partial charge is 0.253 e. The largest absolute Gasteiger partial charge is 0.351 e. The van der Waals surface area contributed by atoms with E-state index in [1.807, 2.05) is 0 Å². The number of likely N-dealkylation sites (N-methyl/N-ethyl adjacent to an activating group) is 1. The molecule has 1 saturated heterocycles. The molecule has 1 aromatic heterocycles. The molecule has 0 saturated carbocycles. The van der Waals surface area contributed by atoms with Gasteiger partial charge in [0.25, 0.3) is 10.0 Å². The third-order valence-electron chi connectivity index (χ3n) is 3.36. The number of thiophene rings is 1. The van der Waals surface area contributed by atoms with Crippen LogP contribution in [0, 0.1) is 0 Å². The first kappa shape index (κ1) is 17.4. The average Bonchev–Trinajstić information content (AvgIpc) is 3.05. The first-order valence-electron chi connectivity index (χ1n) is 6.78. The van der Waals surface area contributed by atoms with Gasteiger partial charge in [0.15, 0.2) is 9.84 Å². The fraction of sp³-hybridized carbons (Fsp3) is 0.583. The number of sulfonamides is 1. The van der Waals surface area contributed by atoms with Crippen molar-refractivity contribution in [2.45, 2.75) is 23.6 Å². The molecule has 124 valence electrons. The highest BCUT2D eigenvalue weighted by molar-refractivity contribution is 7.91. The Bertz CT molecular complexity index is 725. The number of hydrogen-bond donors (Lipinski definition) is 1. The molecule has 1 aliphatic rings. The van der Waals surface area contributed by atoms with Gasteiger partial charge in [0.1, 0.15) is 4.21 Å². The Morgan fingerprint density at radius 3 is 2.73 bits per heavy atom. The highest BCUT2D eigenvalue weighted by Crippen LogP contribution is 2.20. The van der Waals surface area contributed by atoms with Crippen molar-refractivity contribution in [1.82, 2.24) is 9.62 Å². The molecular formula is C12H18N2O5S3. The van der Waals surface area contributed by atoms with E-state index >= 15 is 0 Å². The second-order valence-electron chi connectivity index (χ2n) is 5.03. The standard InChI is InChI=1S/C12H18N2O5S3/c1-2-14(22(18,19)12-4-3-6-20-12)8-11(15)13-10-5-7-21(16,17)9-10/h3-4,6,10H,2,5,7-9H2,1H3,(H,13,15)/t10-/m0/s1. The molecule has 1 aliphatic heterocycles. The number of carbonyl (C=O) groups is 1. The lowest BCUT2D eigenvalue weighted by atomic mass is 10.2. The SMILES string of the molecule is CCN(CC(=O)N[C@H]1CCS(=O)(=O)C1)S(=O)(=O)c1cccs1. The van der Waals surface area contributed by atoms with Gasteiger partial charge >= 0.3 is 0 Å². The van der Waals surface area contributed by atoms with Crippen LogP contribution >= 0.6 is 11.3 Å². The minimum atomic E-state index is -3.69. The van der Waals surface area contributed by atoms with Crippen LogP contribution in [-0.2, 0) is 24.7 Å². The Morgan fingerprint density at radius 2 is 2.23 bits per heavy atom. The van der Waals surface area contributed by atoms with Gasteiger partial charge in [-0.1, -0.05) is 13.0 Å². The molecule has 0 unspecified atom stereocenters. The first-order valence-corrected chi connectivity index (χ1v) is 10.9. The molecule has 22 heavy (non-hydrogen) atoms. The van der Waals surface area contributed by atoms with Crippen LogP contribution in [0.1, 0.15) is 13.3 Å². The number of nitrogens with one attached hydrogen (secondary N) is 1. The minimum absolute atomic E-state index is 0.0585. The van der Waals surface area contributed by atoms with Crippen molar-refractivity contribution in [3.05, 3.63) is 17.5 Å². The zero-order chi connectivity index (χ0) is 16.4. The Kier molecular flexibility index (Phi) is 5.25. The number of amides is 1. The minimum Gasteiger partial charge on any atom is -0.351 e. The molecule has 1 N–H and O–H groups in total. The van der Waals surface area contributed by atoms with Gasteiger partial charge < -0.3 is 5.32 Å². The lowest BCUT2D eigenvalue weighted by Gasteiger charge is -2.20. The van der Waals surface area contributed by atoms with E-state index in [1.165, 1.54) is 6.07 Å². The monoisotopic (exact) mass is 366 g/mol. The van der Waals surface area contributed by atoms with Crippen LogP contribution in [0.25, 0.3) is 0 Å². The lowest BCUT2D eigenvalue weighted by Crippen LogP contribution is -2.44. The van der Waals surface area contributed by atoms with Crippen molar-refractivity contribution in [3.8, 4) is 0 Å². The maximum Gasteiger partial charge on any atom is 0.253 e. The summed E-state index contributed by atoms with van der Waals surface area (Å²) in [6, 6.07) is 2.69. The zero-order valence-electron chi connectivity index (χ0n) is 12.1. The number of nitrogens with zero attached hydrogens (tertiary/aromatic N) is 1. The van der Waals surface area contributed by atoms with Crippen LogP contribution < -0.4 is 5.32 Å². The molecule has 0 radical (unpaired) electrons. The van der Waals surface area contributed by atoms with Gasteiger partial charge in [-0.3, -0.25) is 4.79 Å². The molecule has 1 aromatic rings. The maximum absolute atomic E-state index is 12.4. The second kappa shape index (κ2) is 6.65. The van der Waals surface area contributed by atoms with E-state index in [4.69, 9.17) is 0 Å². The maximum atomic E-state index is 12.4. The summed E-state index contributed by atoms with van der Waals surface area (Å²) in [6.45, 7) is 1.50. The van der Waals surface area contributed by atoms with E-state index in [1.54, 1.807) is 18.4 Å². The molecule has 0 aromatic carbocycles. The summed E-state index contributed by atoms with van der Waals surface area (Å²) in [5.41, 5.74) is 0. The fourth-order valence-electron chi connectivity index (χ4n) is 2.25. The summed E-state index contributed by atoms with van der Waals surface area (Å²) >= 11 is 1.09. The third kappa shape index (κ3) is 4.06. The number of hydrogen-bond acceptors (Lipinski definition) is 6. The molecule has 0 spiro atoms. The molecule has 10 heteroatoms. The van der Waals surface area contributed by atoms with Crippen molar-refractivity contribution >= 4 is 37.1 Å². The van der Waals surface area contributed by atoms with Crippen LogP contribution in [0.2, 0.25) is 0 Å². The van der Waals surface area contributed by atoms with Gasteiger partial charge in [-0.25, -0.2) is 16.8 Å². The van der Waals surface area contributed by atoms with E-state index in [9.17, 15) is 21.6 Å². The average molecular weight is 366 g/mol. The van der Waals surface area contributed by atoms with E-state index in [0.717, 1.165) is 15.6 Å². The van der Waals surface area contributed by atoms with Crippen molar-refractivity contribution in [1.29, 1.82) is 0 Å². The third-order valence-corrected chi connectivity index (χ3v) is 8.42. The summed E-state index contributed by atoms with van der Waals surface area (Å²) in [5, 5.41) is 4.25. The lowest BCUT2D eigenvalue weighted by molar-refractivity contribution is -0.121. The number of sulfone groups is 1. The van der Waals surface area contributed by atoms with Crippen molar-refractivity contribution in [3.63, 3.8) is 0 Å². The fourth-order valence-corrected chi connectivity index (χ4v) is 6.47. The Labute approximate surface area is 134 Å². The Balaban J connectivity index is 2.00. The Morgan fingerprint density at radius 1 is 1.50 bits per heavy atom. The van der Waals surface area contributed by atoms with Gasteiger partial charge in [-0.05, 0) is 17.9 Å². The molecule has 7 nitrogen and oxygen atoms in total. The molecule has 1 fully saturated rings. The van der Waals surface area contributed by atoms with Crippen molar-refractivity contribution < 1.29 is 21.6 Å². The van der Waals surface area contributed by atoms with E-state index < -0.39 is 31.8 Å². The number of rotatable bonds is 6. The van der Waals surface area contributed by atoms with Crippen LogP contribution in [0.3, 0.4) is 0 Å². The molecule has 1 amide bonds. The highest BCUT2D eigenvalue weighted by Gasteiger charge is 2.31. The van der Waals surface area contributed by atoms with Gasteiger partial charge in [-0.15, -0.1) is 11.3 Å². The van der Waals surface area contributed by atoms with Crippen molar-refractivity contribution in [2.24, 2.45) is 0 Å². The summed E-state index contributed by atoms with van der Waals surface area (Å²) in [7, 11) is -6.77. The van der Waals surface area contributed by atoms with Crippen LogP contribution in [0.5, 0.6) is 0 Å². The predicted octanol–water partition coefficient (Wildman–Crippen LogP) is 0.0620. The van der Waals surface area contributed by atoms with Gasteiger partial charge in [0, 0.05) is 12.6 Å². The van der Waals surface area contributed by atoms with Crippen LogP contribution in [0.4, 0.5) is 0 Å². The molecule has 2 rings (SSSR count). The summed E-state index contributed by atoms with van der Waals surface area (Å²) in [6.07, 6.45) is 0.373. The summed E-state index contributed by atoms with van der Waals surface area (Å²) < 4.78 is 48.7. The van der Waals surface area contributed by atoms with Gasteiger partial charge in [-0.2, -0.15) is 4.31 Å². The quantitative estimate of drug-likeness (QED) is 0.767. The van der Waals surface area contributed by atoms with E-state index in [-0.39, 0.29) is 28.8 Å². The molecule has 1 atom stereocenters. The number of carbonyl (C=O) groups excluding carboxylic acids is 1. The van der Waals surface area contributed by atoms with E-state index in [0.29, 0.717) is 6.42 Å². The predicted molar refractivity (Wildman–Crippen MR) is 84.0 cm³/mol. The zero-order valence-corrected chi connectivity index (χ0v) is 14.5. The topological polar surface area (TPSA) is 101 Å².